The lowest BCUT2D eigenvalue weighted by Crippen LogP contribution is -2.35. The Morgan fingerprint density at radius 3 is 2.75 bits per heavy atom. The van der Waals surface area contributed by atoms with Gasteiger partial charge in [0.2, 0.25) is 0 Å². The van der Waals surface area contributed by atoms with Crippen LogP contribution in [-0.4, -0.2) is 15.1 Å². The molecule has 0 aliphatic heterocycles. The number of fused-ring (bicyclic) bond motifs is 1. The first-order chi connectivity index (χ1) is 7.37. The van der Waals surface area contributed by atoms with Crippen LogP contribution in [-0.2, 0) is 13.5 Å². The van der Waals surface area contributed by atoms with E-state index in [1.54, 1.807) is 6.20 Å². The van der Waals surface area contributed by atoms with Crippen LogP contribution in [0.15, 0.2) is 18.3 Å². The van der Waals surface area contributed by atoms with Gasteiger partial charge in [0.05, 0.1) is 16.1 Å². The first-order valence-electron chi connectivity index (χ1n) is 5.25. The molecule has 16 heavy (non-hydrogen) atoms. The fourth-order valence-electron chi connectivity index (χ4n) is 1.86. The number of hydrogen-bond donors (Lipinski definition) is 1. The van der Waals surface area contributed by atoms with Gasteiger partial charge in [0.15, 0.2) is 0 Å². The number of rotatable bonds is 2. The third-order valence-electron chi connectivity index (χ3n) is 2.60. The summed E-state index contributed by atoms with van der Waals surface area (Å²) in [5.41, 5.74) is 9.00. The Hall–Kier alpha value is -1.06. The third-order valence-corrected chi connectivity index (χ3v) is 2.80. The molecule has 0 amide bonds. The second kappa shape index (κ2) is 3.75. The van der Waals surface area contributed by atoms with Crippen molar-refractivity contribution in [2.75, 3.05) is 0 Å². The monoisotopic (exact) mass is 237 g/mol. The smallest absolute Gasteiger partial charge is 0.0884 e. The number of aryl methyl sites for hydroxylation is 1. The van der Waals surface area contributed by atoms with E-state index in [4.69, 9.17) is 17.3 Å². The molecular formula is C12H16ClN3. The molecular weight excluding hydrogens is 222 g/mol. The molecule has 2 aromatic heterocycles. The zero-order valence-corrected chi connectivity index (χ0v) is 10.5. The number of nitrogens with zero attached hydrogens (tertiary/aromatic N) is 2. The van der Waals surface area contributed by atoms with Gasteiger partial charge in [-0.05, 0) is 26.0 Å². The van der Waals surface area contributed by atoms with Gasteiger partial charge in [0, 0.05) is 30.9 Å². The Bertz CT molecular complexity index is 523. The van der Waals surface area contributed by atoms with Gasteiger partial charge in [-0.1, -0.05) is 11.6 Å². The second-order valence-electron chi connectivity index (χ2n) is 4.92. The maximum absolute atomic E-state index is 6.03. The van der Waals surface area contributed by atoms with Crippen LogP contribution in [0, 0.1) is 0 Å². The van der Waals surface area contributed by atoms with Crippen molar-refractivity contribution in [2.24, 2.45) is 12.8 Å². The summed E-state index contributed by atoms with van der Waals surface area (Å²) >= 11 is 5.93. The maximum Gasteiger partial charge on any atom is 0.0884 e. The lowest BCUT2D eigenvalue weighted by atomic mass is 10.0. The predicted molar refractivity (Wildman–Crippen MR) is 67.7 cm³/mol. The highest BCUT2D eigenvalue weighted by Gasteiger charge is 2.16. The molecule has 0 fully saturated rings. The molecule has 3 nitrogen and oxygen atoms in total. The molecule has 0 saturated heterocycles. The Morgan fingerprint density at radius 1 is 1.44 bits per heavy atom. The van der Waals surface area contributed by atoms with Gasteiger partial charge in [-0.15, -0.1) is 0 Å². The molecule has 0 unspecified atom stereocenters. The quantitative estimate of drug-likeness (QED) is 0.872. The molecule has 0 saturated carbocycles. The zero-order valence-electron chi connectivity index (χ0n) is 9.79. The number of hydrogen-bond acceptors (Lipinski definition) is 2. The SMILES string of the molecule is Cn1c(CC(C)(C)N)cc2ncc(Cl)cc21. The summed E-state index contributed by atoms with van der Waals surface area (Å²) < 4.78 is 2.10. The molecule has 86 valence electrons. The van der Waals surface area contributed by atoms with Crippen LogP contribution in [0.2, 0.25) is 5.02 Å². The van der Waals surface area contributed by atoms with Crippen LogP contribution < -0.4 is 5.73 Å². The fourth-order valence-corrected chi connectivity index (χ4v) is 2.02. The van der Waals surface area contributed by atoms with Crippen LogP contribution in [0.4, 0.5) is 0 Å². The number of aromatic nitrogens is 2. The molecule has 0 atom stereocenters. The van der Waals surface area contributed by atoms with Gasteiger partial charge in [0.25, 0.3) is 0 Å². The molecule has 0 spiro atoms. The highest BCUT2D eigenvalue weighted by Crippen LogP contribution is 2.22. The van der Waals surface area contributed by atoms with Crippen molar-refractivity contribution in [3.05, 3.63) is 29.0 Å². The van der Waals surface area contributed by atoms with Gasteiger partial charge in [-0.25, -0.2) is 0 Å². The first-order valence-corrected chi connectivity index (χ1v) is 5.63. The van der Waals surface area contributed by atoms with Crippen molar-refractivity contribution < 1.29 is 0 Å². The molecule has 2 rings (SSSR count). The van der Waals surface area contributed by atoms with E-state index >= 15 is 0 Å². The van der Waals surface area contributed by atoms with E-state index in [2.05, 4.69) is 15.6 Å². The van der Waals surface area contributed by atoms with E-state index in [9.17, 15) is 0 Å². The van der Waals surface area contributed by atoms with Gasteiger partial charge in [0.1, 0.15) is 0 Å². The molecule has 4 heteroatoms. The lowest BCUT2D eigenvalue weighted by Gasteiger charge is -2.18. The van der Waals surface area contributed by atoms with Crippen molar-refractivity contribution in [3.63, 3.8) is 0 Å². The van der Waals surface area contributed by atoms with Crippen molar-refractivity contribution in [3.8, 4) is 0 Å². The Morgan fingerprint density at radius 2 is 2.12 bits per heavy atom. The lowest BCUT2D eigenvalue weighted by molar-refractivity contribution is 0.503. The summed E-state index contributed by atoms with van der Waals surface area (Å²) in [6.07, 6.45) is 2.48. The summed E-state index contributed by atoms with van der Waals surface area (Å²) in [6, 6.07) is 4.00. The van der Waals surface area contributed by atoms with Crippen molar-refractivity contribution in [1.29, 1.82) is 0 Å². The summed E-state index contributed by atoms with van der Waals surface area (Å²) in [6.45, 7) is 4.04. The molecule has 2 heterocycles. The standard InChI is InChI=1S/C12H16ClN3/c1-12(2,14)6-9-5-10-11(16(9)3)4-8(13)7-15-10/h4-5,7H,6,14H2,1-3H3. The van der Waals surface area contributed by atoms with E-state index in [0.29, 0.717) is 5.02 Å². The highest BCUT2D eigenvalue weighted by atomic mass is 35.5. The molecule has 0 aliphatic rings. The summed E-state index contributed by atoms with van der Waals surface area (Å²) in [5, 5.41) is 0.659. The van der Waals surface area contributed by atoms with Crippen molar-refractivity contribution >= 4 is 22.6 Å². The third kappa shape index (κ3) is 2.20. The van der Waals surface area contributed by atoms with Crippen LogP contribution in [0.3, 0.4) is 0 Å². The van der Waals surface area contributed by atoms with Gasteiger partial charge in [-0.2, -0.15) is 0 Å². The van der Waals surface area contributed by atoms with Crippen molar-refractivity contribution in [1.82, 2.24) is 9.55 Å². The number of nitrogens with two attached hydrogens (primary N) is 1. The van der Waals surface area contributed by atoms with E-state index in [1.165, 1.54) is 5.69 Å². The Kier molecular flexibility index (Phi) is 2.68. The van der Waals surface area contributed by atoms with Gasteiger partial charge in [-0.3, -0.25) is 4.98 Å². The molecule has 0 aromatic carbocycles. The topological polar surface area (TPSA) is 43.8 Å². The minimum atomic E-state index is -0.216. The molecule has 2 aromatic rings. The van der Waals surface area contributed by atoms with E-state index in [0.717, 1.165) is 17.5 Å². The molecule has 0 radical (unpaired) electrons. The highest BCUT2D eigenvalue weighted by molar-refractivity contribution is 6.31. The molecule has 0 aliphatic carbocycles. The molecule has 2 N–H and O–H groups in total. The maximum atomic E-state index is 6.03. The minimum Gasteiger partial charge on any atom is -0.346 e. The Labute approximate surface area is 100 Å². The van der Waals surface area contributed by atoms with Crippen LogP contribution in [0.1, 0.15) is 19.5 Å². The van der Waals surface area contributed by atoms with Gasteiger partial charge >= 0.3 is 0 Å². The Balaban J connectivity index is 2.52. The largest absolute Gasteiger partial charge is 0.346 e. The molecule has 0 bridgehead atoms. The van der Waals surface area contributed by atoms with E-state index < -0.39 is 0 Å². The normalized spacial score (nSPS) is 12.3. The first kappa shape index (κ1) is 11.4. The van der Waals surface area contributed by atoms with Gasteiger partial charge < -0.3 is 10.3 Å². The van der Waals surface area contributed by atoms with E-state index in [1.807, 2.05) is 27.0 Å². The summed E-state index contributed by atoms with van der Waals surface area (Å²) in [5.74, 6) is 0. The van der Waals surface area contributed by atoms with Crippen LogP contribution in [0.25, 0.3) is 11.0 Å². The van der Waals surface area contributed by atoms with Crippen LogP contribution in [0.5, 0.6) is 0 Å². The average Bonchev–Trinajstić information content (AvgIpc) is 2.42. The minimum absolute atomic E-state index is 0.216. The summed E-state index contributed by atoms with van der Waals surface area (Å²) in [7, 11) is 2.02. The predicted octanol–water partition coefficient (Wildman–Crippen LogP) is 2.51. The van der Waals surface area contributed by atoms with E-state index in [-0.39, 0.29) is 5.54 Å². The average molecular weight is 238 g/mol. The number of pyridine rings is 1. The number of halogens is 1. The second-order valence-corrected chi connectivity index (χ2v) is 5.35. The summed E-state index contributed by atoms with van der Waals surface area (Å²) in [4.78, 5) is 4.30. The van der Waals surface area contributed by atoms with Crippen LogP contribution >= 0.6 is 11.6 Å². The van der Waals surface area contributed by atoms with Crippen molar-refractivity contribution in [2.45, 2.75) is 25.8 Å². The zero-order chi connectivity index (χ0) is 11.9. The fraction of sp³-hybridized carbons (Fsp3) is 0.417.